The fourth-order valence-corrected chi connectivity index (χ4v) is 3.29. The normalized spacial score (nSPS) is 11.0. The summed E-state index contributed by atoms with van der Waals surface area (Å²) in [5.41, 5.74) is -0.466. The fraction of sp³-hybridized carbons (Fsp3) is 0.750. The zero-order valence-corrected chi connectivity index (χ0v) is 20.9. The number of nitro benzene ring substituents is 2. The van der Waals surface area contributed by atoms with Crippen LogP contribution in [0.3, 0.4) is 0 Å². The molecule has 0 heterocycles. The highest BCUT2D eigenvalue weighted by Gasteiger charge is 2.18. The van der Waals surface area contributed by atoms with Gasteiger partial charge in [-0.05, 0) is 12.5 Å². The lowest BCUT2D eigenvalue weighted by Gasteiger charge is -2.09. The van der Waals surface area contributed by atoms with Crippen molar-refractivity contribution in [2.24, 2.45) is 0 Å². The minimum absolute atomic E-state index is 0.208. The SMILES string of the molecule is CCCCCCCCCCOCCOCCOCCOCCNc1ccc([N+](=O)[O-])cc1[N+](=O)[O-]. The average Bonchev–Trinajstić information content (AvgIpc) is 2.84. The molecule has 0 aliphatic rings. The predicted molar refractivity (Wildman–Crippen MR) is 134 cm³/mol. The molecule has 0 unspecified atom stereocenters. The highest BCUT2D eigenvalue weighted by atomic mass is 16.6. The Hall–Kier alpha value is -2.34. The molecule has 0 radical (unpaired) electrons. The molecule has 1 aromatic rings. The quantitative estimate of drug-likeness (QED) is 0.117. The Balaban J connectivity index is 1.88. The van der Waals surface area contributed by atoms with Gasteiger partial charge in [0.05, 0.1) is 62.2 Å². The van der Waals surface area contributed by atoms with Crippen LogP contribution < -0.4 is 5.32 Å². The minimum Gasteiger partial charge on any atom is -0.379 e. The molecular weight excluding hydrogens is 458 g/mol. The molecule has 1 aromatic carbocycles. The lowest BCUT2D eigenvalue weighted by Crippen LogP contribution is -2.15. The van der Waals surface area contributed by atoms with E-state index < -0.39 is 9.85 Å². The second kappa shape index (κ2) is 21.0. The van der Waals surface area contributed by atoms with Crippen molar-refractivity contribution in [2.75, 3.05) is 64.7 Å². The number of nitrogens with zero attached hydrogens (tertiary/aromatic N) is 2. The first-order chi connectivity index (χ1) is 17.1. The molecule has 0 aliphatic carbocycles. The highest BCUT2D eigenvalue weighted by molar-refractivity contribution is 5.65. The Kier molecular flexibility index (Phi) is 18.4. The highest BCUT2D eigenvalue weighted by Crippen LogP contribution is 2.28. The standard InChI is InChI=1S/C24H41N3O8/c1-2-3-4-5-6-7-8-9-13-32-15-17-34-19-20-35-18-16-33-14-12-25-23-11-10-22(26(28)29)21-24(23)27(30)31/h10-11,21,25H,2-9,12-20H2,1H3. The molecular formula is C24H41N3O8. The van der Waals surface area contributed by atoms with Crippen molar-refractivity contribution in [3.05, 3.63) is 38.4 Å². The van der Waals surface area contributed by atoms with Crippen LogP contribution >= 0.6 is 0 Å². The molecule has 1 rings (SSSR count). The summed E-state index contributed by atoms with van der Waals surface area (Å²) < 4.78 is 21.9. The van der Waals surface area contributed by atoms with Gasteiger partial charge in [-0.25, -0.2) is 0 Å². The Morgan fingerprint density at radius 1 is 0.686 bits per heavy atom. The third kappa shape index (κ3) is 16.0. The summed E-state index contributed by atoms with van der Waals surface area (Å²) in [5, 5.41) is 24.7. The maximum Gasteiger partial charge on any atom is 0.299 e. The fourth-order valence-electron chi connectivity index (χ4n) is 3.29. The van der Waals surface area contributed by atoms with Crippen LogP contribution in [0.1, 0.15) is 58.3 Å². The Bertz CT molecular complexity index is 705. The summed E-state index contributed by atoms with van der Waals surface area (Å²) in [6, 6.07) is 3.47. The Labute approximate surface area is 207 Å². The second-order valence-electron chi connectivity index (χ2n) is 8.07. The largest absolute Gasteiger partial charge is 0.379 e. The molecule has 35 heavy (non-hydrogen) atoms. The molecule has 200 valence electrons. The lowest BCUT2D eigenvalue weighted by atomic mass is 10.1. The van der Waals surface area contributed by atoms with Crippen molar-refractivity contribution < 1.29 is 28.8 Å². The molecule has 11 heteroatoms. The van der Waals surface area contributed by atoms with Crippen LogP contribution in [0.25, 0.3) is 0 Å². The number of anilines is 1. The molecule has 0 amide bonds. The van der Waals surface area contributed by atoms with E-state index in [1.165, 1.54) is 57.1 Å². The van der Waals surface area contributed by atoms with Crippen LogP contribution in [0.2, 0.25) is 0 Å². The number of benzene rings is 1. The summed E-state index contributed by atoms with van der Waals surface area (Å²) in [4.78, 5) is 20.5. The number of unbranched alkanes of at least 4 members (excludes halogenated alkanes) is 7. The summed E-state index contributed by atoms with van der Waals surface area (Å²) >= 11 is 0. The van der Waals surface area contributed by atoms with Gasteiger partial charge in [0.2, 0.25) is 0 Å². The molecule has 1 N–H and O–H groups in total. The van der Waals surface area contributed by atoms with E-state index in [0.717, 1.165) is 19.1 Å². The van der Waals surface area contributed by atoms with Gasteiger partial charge in [0.15, 0.2) is 0 Å². The van der Waals surface area contributed by atoms with Gasteiger partial charge >= 0.3 is 0 Å². The average molecular weight is 500 g/mol. The molecule has 0 fully saturated rings. The van der Waals surface area contributed by atoms with Gasteiger partial charge in [0.25, 0.3) is 11.4 Å². The maximum absolute atomic E-state index is 11.1. The van der Waals surface area contributed by atoms with Crippen molar-refractivity contribution in [3.63, 3.8) is 0 Å². The van der Waals surface area contributed by atoms with Gasteiger partial charge in [-0.2, -0.15) is 0 Å². The van der Waals surface area contributed by atoms with Crippen LogP contribution in [-0.4, -0.2) is 69.2 Å². The van der Waals surface area contributed by atoms with E-state index in [1.54, 1.807) is 0 Å². The van der Waals surface area contributed by atoms with Crippen molar-refractivity contribution in [2.45, 2.75) is 58.3 Å². The first-order valence-electron chi connectivity index (χ1n) is 12.5. The molecule has 0 saturated carbocycles. The van der Waals surface area contributed by atoms with E-state index in [9.17, 15) is 20.2 Å². The number of nitro groups is 2. The van der Waals surface area contributed by atoms with Crippen molar-refractivity contribution in [1.29, 1.82) is 0 Å². The van der Waals surface area contributed by atoms with Crippen molar-refractivity contribution in [1.82, 2.24) is 0 Å². The van der Waals surface area contributed by atoms with E-state index in [4.69, 9.17) is 18.9 Å². The number of non-ortho nitro benzene ring substituents is 1. The van der Waals surface area contributed by atoms with Crippen LogP contribution in [0.5, 0.6) is 0 Å². The molecule has 0 saturated heterocycles. The third-order valence-electron chi connectivity index (χ3n) is 5.21. The second-order valence-corrected chi connectivity index (χ2v) is 8.07. The maximum atomic E-state index is 11.1. The number of hydrogen-bond acceptors (Lipinski definition) is 9. The molecule has 0 spiro atoms. The minimum atomic E-state index is -0.669. The molecule has 0 atom stereocenters. The summed E-state index contributed by atoms with van der Waals surface area (Å²) in [7, 11) is 0. The van der Waals surface area contributed by atoms with E-state index in [0.29, 0.717) is 52.8 Å². The number of ether oxygens (including phenoxy) is 4. The number of rotatable bonds is 24. The van der Waals surface area contributed by atoms with E-state index in [-0.39, 0.29) is 17.1 Å². The van der Waals surface area contributed by atoms with Crippen LogP contribution in [-0.2, 0) is 18.9 Å². The summed E-state index contributed by atoms with van der Waals surface area (Å²) in [6.45, 7) is 6.56. The van der Waals surface area contributed by atoms with Crippen molar-refractivity contribution >= 4 is 17.1 Å². The van der Waals surface area contributed by atoms with Gasteiger partial charge in [0.1, 0.15) is 5.69 Å². The zero-order valence-electron chi connectivity index (χ0n) is 20.9. The van der Waals surface area contributed by atoms with Gasteiger partial charge < -0.3 is 24.3 Å². The number of nitrogens with one attached hydrogen (secondary N) is 1. The van der Waals surface area contributed by atoms with Gasteiger partial charge in [-0.3, -0.25) is 20.2 Å². The Morgan fingerprint density at radius 2 is 1.20 bits per heavy atom. The first-order valence-corrected chi connectivity index (χ1v) is 12.5. The van der Waals surface area contributed by atoms with E-state index in [1.807, 2.05) is 0 Å². The number of hydrogen-bond donors (Lipinski definition) is 1. The monoisotopic (exact) mass is 499 g/mol. The topological polar surface area (TPSA) is 135 Å². The molecule has 11 nitrogen and oxygen atoms in total. The van der Waals surface area contributed by atoms with Gasteiger partial charge in [-0.15, -0.1) is 0 Å². The molecule has 0 aromatic heterocycles. The van der Waals surface area contributed by atoms with E-state index >= 15 is 0 Å². The van der Waals surface area contributed by atoms with Crippen LogP contribution in [0.4, 0.5) is 17.1 Å². The van der Waals surface area contributed by atoms with Crippen LogP contribution in [0.15, 0.2) is 18.2 Å². The lowest BCUT2D eigenvalue weighted by molar-refractivity contribution is -0.393. The summed E-state index contributed by atoms with van der Waals surface area (Å²) in [6.07, 6.45) is 10.3. The molecule has 0 bridgehead atoms. The zero-order chi connectivity index (χ0) is 25.6. The van der Waals surface area contributed by atoms with Gasteiger partial charge in [-0.1, -0.05) is 51.9 Å². The van der Waals surface area contributed by atoms with Crippen LogP contribution in [0, 0.1) is 20.2 Å². The first kappa shape index (κ1) is 30.7. The Morgan fingerprint density at radius 3 is 1.74 bits per heavy atom. The third-order valence-corrected chi connectivity index (χ3v) is 5.21. The molecule has 0 aliphatic heterocycles. The smallest absolute Gasteiger partial charge is 0.299 e. The van der Waals surface area contributed by atoms with Gasteiger partial charge in [0, 0.05) is 19.2 Å². The summed E-state index contributed by atoms with van der Waals surface area (Å²) in [5.74, 6) is 0. The van der Waals surface area contributed by atoms with Crippen molar-refractivity contribution in [3.8, 4) is 0 Å². The predicted octanol–water partition coefficient (Wildman–Crippen LogP) is 5.12. The van der Waals surface area contributed by atoms with E-state index in [2.05, 4.69) is 12.2 Å².